The van der Waals surface area contributed by atoms with Crippen LogP contribution >= 0.6 is 0 Å². The highest BCUT2D eigenvalue weighted by molar-refractivity contribution is 6.10. The Kier molecular flexibility index (Phi) is 6.83. The van der Waals surface area contributed by atoms with Crippen LogP contribution in [-0.4, -0.2) is 24.5 Å². The monoisotopic (exact) mass is 619 g/mol. The van der Waals surface area contributed by atoms with Gasteiger partial charge in [-0.25, -0.2) is 15.0 Å². The Balaban J connectivity index is 1.47. The number of hydrogen-bond donors (Lipinski definition) is 0. The normalized spacial score (nSPS) is 11.7. The van der Waals surface area contributed by atoms with Crippen LogP contribution in [0.5, 0.6) is 0 Å². The summed E-state index contributed by atoms with van der Waals surface area (Å²) in [4.78, 5) is 19.4. The van der Waals surface area contributed by atoms with E-state index in [1.807, 2.05) is 126 Å². The Morgan fingerprint density at radius 1 is 0.489 bits per heavy atom. The minimum absolute atomic E-state index is 0.378. The second-order valence-corrected chi connectivity index (χ2v) is 11.1. The number of rotatable bonds is 5. The second kappa shape index (κ2) is 11.3. The molecule has 5 aromatic carbocycles. The number of para-hydroxylation sites is 1. The molecule has 3 heterocycles. The van der Waals surface area contributed by atoms with Crippen LogP contribution in [-0.2, 0) is 6.18 Å². The summed E-state index contributed by atoms with van der Waals surface area (Å²) >= 11 is 0. The molecule has 5 nitrogen and oxygen atoms in total. The van der Waals surface area contributed by atoms with Gasteiger partial charge in [0.1, 0.15) is 0 Å². The molecule has 0 bridgehead atoms. The molecular weight excluding hydrogens is 595 g/mol. The first-order valence-electron chi connectivity index (χ1n) is 15.0. The highest BCUT2D eigenvalue weighted by Gasteiger charge is 2.31. The van der Waals surface area contributed by atoms with Crippen molar-refractivity contribution in [3.8, 4) is 51.1 Å². The molecule has 0 spiro atoms. The molecule has 0 unspecified atom stereocenters. The van der Waals surface area contributed by atoms with Gasteiger partial charge < -0.3 is 4.57 Å². The Labute approximate surface area is 267 Å². The van der Waals surface area contributed by atoms with Crippen LogP contribution in [0, 0.1) is 0 Å². The molecule has 0 atom stereocenters. The van der Waals surface area contributed by atoms with E-state index < -0.39 is 11.7 Å². The van der Waals surface area contributed by atoms with Gasteiger partial charge >= 0.3 is 6.18 Å². The van der Waals surface area contributed by atoms with E-state index in [0.717, 1.165) is 39.4 Å². The predicted molar refractivity (Wildman–Crippen MR) is 179 cm³/mol. The standard InChI is InChI=1S/C39H24F3N5/c40-39(41,42)28-19-20-30-29-15-7-8-17-33(29)47(35(30)24-28)34-21-18-27(32-16-9-10-22-43-32)23-31(34)38-45-36(25-11-3-1-4-12-25)44-37(46-38)26-13-5-2-6-14-26/h1-24H. The molecule has 0 aliphatic heterocycles. The maximum Gasteiger partial charge on any atom is 0.416 e. The number of benzene rings is 5. The minimum Gasteiger partial charge on any atom is -0.308 e. The maximum atomic E-state index is 14.1. The number of hydrogen-bond acceptors (Lipinski definition) is 4. The Bertz CT molecular complexity index is 2330. The van der Waals surface area contributed by atoms with Gasteiger partial charge in [-0.1, -0.05) is 97.1 Å². The third kappa shape index (κ3) is 5.19. The summed E-state index contributed by atoms with van der Waals surface area (Å²) in [7, 11) is 0. The molecule has 0 aliphatic rings. The summed E-state index contributed by atoms with van der Waals surface area (Å²) in [6.07, 6.45) is -2.79. The summed E-state index contributed by atoms with van der Waals surface area (Å²) in [6, 6.07) is 42.2. The average Bonchev–Trinajstić information content (AvgIpc) is 3.45. The number of halogens is 3. The lowest BCUT2D eigenvalue weighted by Gasteiger charge is -2.16. The van der Waals surface area contributed by atoms with Gasteiger partial charge in [-0.05, 0) is 42.5 Å². The first-order valence-corrected chi connectivity index (χ1v) is 15.0. The molecule has 226 valence electrons. The van der Waals surface area contributed by atoms with Crippen LogP contribution in [0.25, 0.3) is 72.9 Å². The van der Waals surface area contributed by atoms with Crippen molar-refractivity contribution < 1.29 is 13.2 Å². The van der Waals surface area contributed by atoms with Crippen molar-refractivity contribution in [3.63, 3.8) is 0 Å². The van der Waals surface area contributed by atoms with Crippen LogP contribution in [0.1, 0.15) is 5.56 Å². The Morgan fingerprint density at radius 2 is 1.11 bits per heavy atom. The van der Waals surface area contributed by atoms with Crippen molar-refractivity contribution in [2.75, 3.05) is 0 Å². The van der Waals surface area contributed by atoms with E-state index in [0.29, 0.717) is 39.6 Å². The van der Waals surface area contributed by atoms with E-state index in [-0.39, 0.29) is 0 Å². The molecule has 8 heteroatoms. The van der Waals surface area contributed by atoms with Gasteiger partial charge in [-0.3, -0.25) is 4.98 Å². The molecule has 0 radical (unpaired) electrons. The van der Waals surface area contributed by atoms with Crippen LogP contribution in [0.4, 0.5) is 13.2 Å². The van der Waals surface area contributed by atoms with Crippen molar-refractivity contribution in [1.82, 2.24) is 24.5 Å². The van der Waals surface area contributed by atoms with Gasteiger partial charge in [0.2, 0.25) is 0 Å². The fourth-order valence-corrected chi connectivity index (χ4v) is 5.94. The minimum atomic E-state index is -4.51. The van der Waals surface area contributed by atoms with Gasteiger partial charge in [0.25, 0.3) is 0 Å². The summed E-state index contributed by atoms with van der Waals surface area (Å²) in [6.45, 7) is 0. The lowest BCUT2D eigenvalue weighted by Crippen LogP contribution is -2.06. The number of pyridine rings is 1. The lowest BCUT2D eigenvalue weighted by atomic mass is 10.0. The summed E-state index contributed by atoms with van der Waals surface area (Å²) in [5.41, 5.74) is 4.86. The molecule has 8 aromatic rings. The number of nitrogens with zero attached hydrogens (tertiary/aromatic N) is 5. The molecule has 0 aliphatic carbocycles. The smallest absolute Gasteiger partial charge is 0.308 e. The number of fused-ring (bicyclic) bond motifs is 3. The zero-order valence-corrected chi connectivity index (χ0v) is 24.7. The van der Waals surface area contributed by atoms with Gasteiger partial charge in [0, 0.05) is 39.2 Å². The molecule has 3 aromatic heterocycles. The van der Waals surface area contributed by atoms with E-state index in [1.54, 1.807) is 12.3 Å². The number of alkyl halides is 3. The van der Waals surface area contributed by atoms with Crippen LogP contribution < -0.4 is 0 Å². The van der Waals surface area contributed by atoms with Gasteiger partial charge in [-0.15, -0.1) is 0 Å². The summed E-state index contributed by atoms with van der Waals surface area (Å²) < 4.78 is 44.0. The zero-order valence-electron chi connectivity index (χ0n) is 24.7. The fourth-order valence-electron chi connectivity index (χ4n) is 5.94. The molecule has 0 N–H and O–H groups in total. The van der Waals surface area contributed by atoms with Crippen molar-refractivity contribution in [3.05, 3.63) is 151 Å². The Hall–Kier alpha value is -6.15. The third-order valence-corrected chi connectivity index (χ3v) is 8.14. The van der Waals surface area contributed by atoms with Crippen molar-refractivity contribution in [2.24, 2.45) is 0 Å². The van der Waals surface area contributed by atoms with E-state index in [4.69, 9.17) is 15.0 Å². The molecule has 8 rings (SSSR count). The molecular formula is C39H24F3N5. The van der Waals surface area contributed by atoms with Gasteiger partial charge in [0.15, 0.2) is 17.5 Å². The van der Waals surface area contributed by atoms with E-state index in [2.05, 4.69) is 4.98 Å². The SMILES string of the molecule is FC(F)(F)c1ccc2c3ccccc3n(-c3ccc(-c4ccccn4)cc3-c3nc(-c4ccccc4)nc(-c4ccccc4)n3)c2c1. The summed E-state index contributed by atoms with van der Waals surface area (Å²) in [5, 5.41) is 1.54. The highest BCUT2D eigenvalue weighted by atomic mass is 19.4. The van der Waals surface area contributed by atoms with Crippen LogP contribution in [0.3, 0.4) is 0 Å². The zero-order chi connectivity index (χ0) is 32.0. The fraction of sp³-hybridized carbons (Fsp3) is 0.0256. The maximum absolute atomic E-state index is 14.1. The average molecular weight is 620 g/mol. The molecule has 0 amide bonds. The number of aromatic nitrogens is 5. The van der Waals surface area contributed by atoms with Crippen molar-refractivity contribution >= 4 is 21.8 Å². The molecule has 0 saturated carbocycles. The molecule has 47 heavy (non-hydrogen) atoms. The van der Waals surface area contributed by atoms with Crippen molar-refractivity contribution in [2.45, 2.75) is 6.18 Å². The molecule has 0 saturated heterocycles. The largest absolute Gasteiger partial charge is 0.416 e. The van der Waals surface area contributed by atoms with Crippen LogP contribution in [0.15, 0.2) is 146 Å². The lowest BCUT2D eigenvalue weighted by molar-refractivity contribution is -0.137. The second-order valence-electron chi connectivity index (χ2n) is 11.1. The Morgan fingerprint density at radius 3 is 1.77 bits per heavy atom. The van der Waals surface area contributed by atoms with Gasteiger partial charge in [-0.2, -0.15) is 13.2 Å². The first kappa shape index (κ1) is 28.3. The third-order valence-electron chi connectivity index (χ3n) is 8.14. The topological polar surface area (TPSA) is 56.5 Å². The van der Waals surface area contributed by atoms with E-state index >= 15 is 0 Å². The van der Waals surface area contributed by atoms with Crippen molar-refractivity contribution in [1.29, 1.82) is 0 Å². The summed E-state index contributed by atoms with van der Waals surface area (Å²) in [5.74, 6) is 1.33. The predicted octanol–water partition coefficient (Wildman–Crippen LogP) is 10.1. The molecule has 0 fully saturated rings. The van der Waals surface area contributed by atoms with Crippen LogP contribution in [0.2, 0.25) is 0 Å². The first-order chi connectivity index (χ1) is 22.9. The van der Waals surface area contributed by atoms with Gasteiger partial charge in [0.05, 0.1) is 28.0 Å². The van der Waals surface area contributed by atoms with E-state index in [9.17, 15) is 13.2 Å². The van der Waals surface area contributed by atoms with E-state index in [1.165, 1.54) is 6.07 Å². The highest BCUT2D eigenvalue weighted by Crippen LogP contribution is 2.40. The quantitative estimate of drug-likeness (QED) is 0.192.